The Hall–Kier alpha value is -1.07. The van der Waals surface area contributed by atoms with Crippen LogP contribution in [0.3, 0.4) is 0 Å². The Morgan fingerprint density at radius 2 is 2.08 bits per heavy atom. The molecule has 1 aromatic carbocycles. The molecule has 0 aromatic heterocycles. The van der Waals surface area contributed by atoms with E-state index in [9.17, 15) is 0 Å². The minimum atomic E-state index is 0.869. The van der Waals surface area contributed by atoms with E-state index in [2.05, 4.69) is 28.1 Å². The molecule has 66 valence electrons. The van der Waals surface area contributed by atoms with Crippen LogP contribution in [0.2, 0.25) is 0 Å². The van der Waals surface area contributed by atoms with Crippen LogP contribution in [0.5, 0.6) is 0 Å². The maximum atomic E-state index is 8.46. The van der Waals surface area contributed by atoms with Crippen LogP contribution < -0.4 is 0 Å². The summed E-state index contributed by atoms with van der Waals surface area (Å²) in [6.45, 7) is 1.94. The van der Waals surface area contributed by atoms with Gasteiger partial charge in [0.25, 0.3) is 0 Å². The first kappa shape index (κ1) is 10.0. The maximum absolute atomic E-state index is 8.46. The number of rotatable bonds is 2. The summed E-state index contributed by atoms with van der Waals surface area (Å²) in [5, 5.41) is 9.33. The number of benzene rings is 1. The number of hydrogen-bond acceptors (Lipinski definition) is 1. The average molecular weight is 236 g/mol. The molecule has 2 heteroatoms. The van der Waals surface area contributed by atoms with Gasteiger partial charge in [-0.3, -0.25) is 0 Å². The van der Waals surface area contributed by atoms with Gasteiger partial charge in [-0.2, -0.15) is 5.26 Å². The van der Waals surface area contributed by atoms with Crippen molar-refractivity contribution in [2.45, 2.75) is 12.3 Å². The van der Waals surface area contributed by atoms with Crippen LogP contribution in [-0.2, 0) is 5.33 Å². The Balaban J connectivity index is 2.94. The first-order valence-corrected chi connectivity index (χ1v) is 5.11. The maximum Gasteiger partial charge on any atom is 0.0915 e. The highest BCUT2D eigenvalue weighted by Crippen LogP contribution is 2.15. The van der Waals surface area contributed by atoms with Crippen molar-refractivity contribution < 1.29 is 0 Å². The Morgan fingerprint density at radius 3 is 2.54 bits per heavy atom. The SMILES string of the molecule is C/C(=C/C#N)c1ccc(CBr)cc1. The van der Waals surface area contributed by atoms with Gasteiger partial charge in [0, 0.05) is 11.4 Å². The second kappa shape index (κ2) is 4.84. The average Bonchev–Trinajstić information content (AvgIpc) is 2.18. The standard InChI is InChI=1S/C11H10BrN/c1-9(6-7-13)11-4-2-10(8-12)3-5-11/h2-6H,8H2,1H3/b9-6-. The van der Waals surface area contributed by atoms with E-state index in [1.54, 1.807) is 6.08 Å². The first-order chi connectivity index (χ1) is 6.27. The van der Waals surface area contributed by atoms with Gasteiger partial charge in [0.2, 0.25) is 0 Å². The van der Waals surface area contributed by atoms with Crippen LogP contribution >= 0.6 is 15.9 Å². The summed E-state index contributed by atoms with van der Waals surface area (Å²) in [5.41, 5.74) is 3.35. The Kier molecular flexibility index (Phi) is 3.72. The van der Waals surface area contributed by atoms with Crippen molar-refractivity contribution in [3.63, 3.8) is 0 Å². The van der Waals surface area contributed by atoms with Crippen molar-refractivity contribution in [2.75, 3.05) is 0 Å². The van der Waals surface area contributed by atoms with Crippen LogP contribution in [0.4, 0.5) is 0 Å². The molecule has 0 spiro atoms. The fraction of sp³-hybridized carbons (Fsp3) is 0.182. The van der Waals surface area contributed by atoms with Crippen LogP contribution in [0.25, 0.3) is 5.57 Å². The first-order valence-electron chi connectivity index (χ1n) is 3.99. The minimum Gasteiger partial charge on any atom is -0.193 e. The molecule has 1 rings (SSSR count). The van der Waals surface area contributed by atoms with Crippen LogP contribution in [0.15, 0.2) is 30.3 Å². The summed E-state index contributed by atoms with van der Waals surface area (Å²) < 4.78 is 0. The summed E-state index contributed by atoms with van der Waals surface area (Å²) in [6, 6.07) is 10.2. The molecule has 0 atom stereocenters. The lowest BCUT2D eigenvalue weighted by atomic mass is 10.1. The van der Waals surface area contributed by atoms with Gasteiger partial charge >= 0.3 is 0 Å². The molecule has 0 heterocycles. The zero-order valence-electron chi connectivity index (χ0n) is 7.42. The number of alkyl halides is 1. The van der Waals surface area contributed by atoms with Gasteiger partial charge in [0.1, 0.15) is 0 Å². The molecule has 1 nitrogen and oxygen atoms in total. The van der Waals surface area contributed by atoms with E-state index in [0.717, 1.165) is 16.5 Å². The highest BCUT2D eigenvalue weighted by atomic mass is 79.9. The molecular formula is C11H10BrN. The van der Waals surface area contributed by atoms with E-state index in [1.807, 2.05) is 25.1 Å². The van der Waals surface area contributed by atoms with Crippen LogP contribution in [0, 0.1) is 11.3 Å². The smallest absolute Gasteiger partial charge is 0.0915 e. The zero-order valence-corrected chi connectivity index (χ0v) is 9.01. The number of allylic oxidation sites excluding steroid dienone is 2. The van der Waals surface area contributed by atoms with Gasteiger partial charge in [-0.15, -0.1) is 0 Å². The third-order valence-corrected chi connectivity index (χ3v) is 2.49. The fourth-order valence-corrected chi connectivity index (χ4v) is 1.41. The number of hydrogen-bond donors (Lipinski definition) is 0. The number of nitrogens with zero attached hydrogens (tertiary/aromatic N) is 1. The number of nitriles is 1. The lowest BCUT2D eigenvalue weighted by Crippen LogP contribution is -1.81. The molecule has 0 N–H and O–H groups in total. The summed E-state index contributed by atoms with van der Waals surface area (Å²) in [7, 11) is 0. The lowest BCUT2D eigenvalue weighted by Gasteiger charge is -2.00. The largest absolute Gasteiger partial charge is 0.193 e. The third kappa shape index (κ3) is 2.71. The quantitative estimate of drug-likeness (QED) is 0.569. The highest BCUT2D eigenvalue weighted by molar-refractivity contribution is 9.08. The topological polar surface area (TPSA) is 23.8 Å². The summed E-state index contributed by atoms with van der Waals surface area (Å²) in [4.78, 5) is 0. The summed E-state index contributed by atoms with van der Waals surface area (Å²) in [5.74, 6) is 0. The van der Waals surface area contributed by atoms with Gasteiger partial charge in [-0.1, -0.05) is 40.2 Å². The molecular weight excluding hydrogens is 226 g/mol. The molecule has 0 amide bonds. The van der Waals surface area contributed by atoms with E-state index >= 15 is 0 Å². The van der Waals surface area contributed by atoms with E-state index in [-0.39, 0.29) is 0 Å². The Labute approximate surface area is 86.8 Å². The fourth-order valence-electron chi connectivity index (χ4n) is 1.04. The van der Waals surface area contributed by atoms with E-state index in [1.165, 1.54) is 5.56 Å². The molecule has 0 bridgehead atoms. The van der Waals surface area contributed by atoms with E-state index in [0.29, 0.717) is 0 Å². The summed E-state index contributed by atoms with van der Waals surface area (Å²) >= 11 is 3.38. The molecule has 0 aliphatic rings. The Morgan fingerprint density at radius 1 is 1.46 bits per heavy atom. The van der Waals surface area contributed by atoms with Gasteiger partial charge in [0.05, 0.1) is 6.07 Å². The van der Waals surface area contributed by atoms with Gasteiger partial charge in [-0.05, 0) is 23.6 Å². The normalized spacial score (nSPS) is 11.0. The third-order valence-electron chi connectivity index (χ3n) is 1.84. The van der Waals surface area contributed by atoms with Crippen LogP contribution in [-0.4, -0.2) is 0 Å². The second-order valence-corrected chi connectivity index (χ2v) is 3.35. The molecule has 1 aromatic rings. The molecule has 0 unspecified atom stereocenters. The van der Waals surface area contributed by atoms with E-state index in [4.69, 9.17) is 5.26 Å². The second-order valence-electron chi connectivity index (χ2n) is 2.79. The van der Waals surface area contributed by atoms with Gasteiger partial charge in [0.15, 0.2) is 0 Å². The van der Waals surface area contributed by atoms with Crippen molar-refractivity contribution in [2.24, 2.45) is 0 Å². The van der Waals surface area contributed by atoms with Crippen molar-refractivity contribution in [1.29, 1.82) is 5.26 Å². The van der Waals surface area contributed by atoms with Gasteiger partial charge in [-0.25, -0.2) is 0 Å². The highest BCUT2D eigenvalue weighted by Gasteiger charge is 1.94. The Bertz CT molecular complexity index is 343. The molecule has 0 saturated heterocycles. The predicted molar refractivity (Wildman–Crippen MR) is 58.3 cm³/mol. The minimum absolute atomic E-state index is 0.869. The predicted octanol–water partition coefficient (Wildman–Crippen LogP) is 3.51. The van der Waals surface area contributed by atoms with Crippen molar-refractivity contribution in [1.82, 2.24) is 0 Å². The van der Waals surface area contributed by atoms with Crippen molar-refractivity contribution in [3.05, 3.63) is 41.5 Å². The molecule has 0 radical (unpaired) electrons. The van der Waals surface area contributed by atoms with Crippen molar-refractivity contribution >= 4 is 21.5 Å². The van der Waals surface area contributed by atoms with Crippen LogP contribution in [0.1, 0.15) is 18.1 Å². The molecule has 0 aliphatic heterocycles. The molecule has 0 aliphatic carbocycles. The molecule has 0 fully saturated rings. The lowest BCUT2D eigenvalue weighted by molar-refractivity contribution is 1.41. The summed E-state index contributed by atoms with van der Waals surface area (Å²) in [6.07, 6.45) is 1.56. The monoisotopic (exact) mass is 235 g/mol. The van der Waals surface area contributed by atoms with Crippen molar-refractivity contribution in [3.8, 4) is 6.07 Å². The van der Waals surface area contributed by atoms with E-state index < -0.39 is 0 Å². The molecule has 0 saturated carbocycles. The zero-order chi connectivity index (χ0) is 9.68. The van der Waals surface area contributed by atoms with Gasteiger partial charge < -0.3 is 0 Å². The number of halogens is 1. The molecule has 13 heavy (non-hydrogen) atoms.